The summed E-state index contributed by atoms with van der Waals surface area (Å²) in [6.07, 6.45) is -0.0281. The number of piperidine rings is 1. The Morgan fingerprint density at radius 1 is 1.07 bits per heavy atom. The second-order valence-corrected chi connectivity index (χ2v) is 8.28. The summed E-state index contributed by atoms with van der Waals surface area (Å²) >= 11 is 0. The lowest BCUT2D eigenvalue weighted by molar-refractivity contribution is -0.136. The monoisotopic (exact) mass is 420 g/mol. The van der Waals surface area contributed by atoms with Crippen molar-refractivity contribution in [2.45, 2.75) is 56.0 Å². The van der Waals surface area contributed by atoms with Crippen LogP contribution >= 0.6 is 0 Å². The van der Waals surface area contributed by atoms with Crippen LogP contribution < -0.4 is 16.4 Å². The van der Waals surface area contributed by atoms with Crippen LogP contribution in [0.15, 0.2) is 18.2 Å². The van der Waals surface area contributed by atoms with E-state index >= 15 is 0 Å². The highest BCUT2D eigenvalue weighted by molar-refractivity contribution is 6.23. The van der Waals surface area contributed by atoms with Crippen molar-refractivity contribution in [3.05, 3.63) is 29.3 Å². The number of fused-ring (bicyclic) bond motifs is 1. The maximum absolute atomic E-state index is 13.4. The van der Waals surface area contributed by atoms with E-state index in [9.17, 15) is 28.0 Å². The summed E-state index contributed by atoms with van der Waals surface area (Å²) < 4.78 is 26.8. The molecule has 1 aliphatic carbocycles. The van der Waals surface area contributed by atoms with Gasteiger partial charge in [0.1, 0.15) is 6.04 Å². The number of imide groups is 2. The van der Waals surface area contributed by atoms with Gasteiger partial charge in [-0.2, -0.15) is 0 Å². The van der Waals surface area contributed by atoms with Crippen LogP contribution in [0.2, 0.25) is 0 Å². The van der Waals surface area contributed by atoms with Crippen LogP contribution in [0, 0.1) is 0 Å². The zero-order valence-electron chi connectivity index (χ0n) is 16.2. The first-order valence-corrected chi connectivity index (χ1v) is 9.85. The van der Waals surface area contributed by atoms with Gasteiger partial charge in [0, 0.05) is 37.0 Å². The number of halogens is 2. The molecule has 4 N–H and O–H groups in total. The van der Waals surface area contributed by atoms with Crippen molar-refractivity contribution in [2.75, 3.05) is 11.9 Å². The van der Waals surface area contributed by atoms with E-state index in [1.807, 2.05) is 0 Å². The lowest BCUT2D eigenvalue weighted by Crippen LogP contribution is -2.54. The van der Waals surface area contributed by atoms with Crippen LogP contribution in [0.3, 0.4) is 0 Å². The highest BCUT2D eigenvalue weighted by Crippen LogP contribution is 2.37. The number of amides is 4. The van der Waals surface area contributed by atoms with Gasteiger partial charge in [-0.1, -0.05) is 0 Å². The molecule has 2 heterocycles. The standard InChI is InChI=1S/C20H22F2N4O4/c21-20(22)7-5-19(23,6-8-20)10-24-11-1-2-12-13(9-11)18(30)26(17(12)29)14-3-4-15(27)25-16(14)28/h1-2,9,14,24H,3-8,10,23H2,(H,25,27,28). The van der Waals surface area contributed by atoms with Crippen LogP contribution in [-0.4, -0.2) is 52.6 Å². The summed E-state index contributed by atoms with van der Waals surface area (Å²) in [5, 5.41) is 5.23. The molecule has 0 radical (unpaired) electrons. The van der Waals surface area contributed by atoms with Gasteiger partial charge in [-0.3, -0.25) is 29.4 Å². The van der Waals surface area contributed by atoms with Gasteiger partial charge in [0.05, 0.1) is 11.1 Å². The molecule has 4 amide bonds. The molecular formula is C20H22F2N4O4. The van der Waals surface area contributed by atoms with Crippen molar-refractivity contribution in [1.29, 1.82) is 0 Å². The minimum atomic E-state index is -2.68. The average Bonchev–Trinajstić information content (AvgIpc) is 2.94. The fraction of sp³-hybridized carbons (Fsp3) is 0.500. The number of nitrogens with one attached hydrogen (secondary N) is 2. The third kappa shape index (κ3) is 3.67. The Bertz CT molecular complexity index is 939. The van der Waals surface area contributed by atoms with E-state index in [0.29, 0.717) is 5.69 Å². The number of alkyl halides is 2. The van der Waals surface area contributed by atoms with Crippen LogP contribution in [0.5, 0.6) is 0 Å². The molecule has 1 saturated carbocycles. The van der Waals surface area contributed by atoms with Crippen LogP contribution in [-0.2, 0) is 9.59 Å². The molecule has 1 unspecified atom stereocenters. The zero-order chi connectivity index (χ0) is 21.7. The number of benzene rings is 1. The summed E-state index contributed by atoms with van der Waals surface area (Å²) in [4.78, 5) is 49.9. The van der Waals surface area contributed by atoms with E-state index in [4.69, 9.17) is 5.73 Å². The normalized spacial score (nSPS) is 25.2. The van der Waals surface area contributed by atoms with Crippen LogP contribution in [0.4, 0.5) is 14.5 Å². The van der Waals surface area contributed by atoms with Crippen molar-refractivity contribution in [2.24, 2.45) is 5.73 Å². The molecule has 8 nitrogen and oxygen atoms in total. The molecule has 3 aliphatic rings. The Balaban J connectivity index is 1.47. The van der Waals surface area contributed by atoms with Gasteiger partial charge >= 0.3 is 0 Å². The van der Waals surface area contributed by atoms with Crippen molar-refractivity contribution >= 4 is 29.3 Å². The number of nitrogens with two attached hydrogens (primary N) is 1. The maximum atomic E-state index is 13.4. The highest BCUT2D eigenvalue weighted by Gasteiger charge is 2.45. The first kappa shape index (κ1) is 20.4. The van der Waals surface area contributed by atoms with Crippen LogP contribution in [0.1, 0.15) is 59.2 Å². The van der Waals surface area contributed by atoms with Gasteiger partial charge in [0.15, 0.2) is 0 Å². The second-order valence-electron chi connectivity index (χ2n) is 8.28. The van der Waals surface area contributed by atoms with E-state index in [-0.39, 0.29) is 56.2 Å². The molecule has 30 heavy (non-hydrogen) atoms. The van der Waals surface area contributed by atoms with Crippen molar-refractivity contribution in [1.82, 2.24) is 10.2 Å². The number of hydrogen-bond donors (Lipinski definition) is 3. The number of nitrogens with zero attached hydrogens (tertiary/aromatic N) is 1. The number of anilines is 1. The summed E-state index contributed by atoms with van der Waals surface area (Å²) in [5.41, 5.74) is 6.32. The van der Waals surface area contributed by atoms with Gasteiger partial charge < -0.3 is 11.1 Å². The minimum Gasteiger partial charge on any atom is -0.383 e. The fourth-order valence-electron chi connectivity index (χ4n) is 4.15. The van der Waals surface area contributed by atoms with Gasteiger partial charge in [0.25, 0.3) is 11.8 Å². The number of rotatable bonds is 4. The first-order chi connectivity index (χ1) is 14.1. The zero-order valence-corrected chi connectivity index (χ0v) is 16.2. The van der Waals surface area contributed by atoms with Crippen molar-refractivity contribution < 1.29 is 28.0 Å². The molecule has 0 spiro atoms. The molecule has 1 saturated heterocycles. The summed E-state index contributed by atoms with van der Waals surface area (Å²) in [5.74, 6) is -4.97. The summed E-state index contributed by atoms with van der Waals surface area (Å²) in [6.45, 7) is 0.251. The van der Waals surface area contributed by atoms with Crippen LogP contribution in [0.25, 0.3) is 0 Å². The van der Waals surface area contributed by atoms with Gasteiger partial charge in [-0.05, 0) is 37.5 Å². The molecule has 2 fully saturated rings. The third-order valence-corrected chi connectivity index (χ3v) is 6.06. The molecule has 10 heteroatoms. The Hall–Kier alpha value is -2.88. The quantitative estimate of drug-likeness (QED) is 0.633. The number of hydrogen-bond acceptors (Lipinski definition) is 6. The Morgan fingerprint density at radius 3 is 2.40 bits per heavy atom. The Labute approximate surface area is 171 Å². The van der Waals surface area contributed by atoms with Crippen molar-refractivity contribution in [3.63, 3.8) is 0 Å². The van der Waals surface area contributed by atoms with Gasteiger partial charge in [-0.25, -0.2) is 8.78 Å². The second kappa shape index (κ2) is 7.12. The number of carbonyl (C=O) groups excluding carboxylic acids is 4. The molecule has 1 atom stereocenters. The maximum Gasteiger partial charge on any atom is 0.262 e. The smallest absolute Gasteiger partial charge is 0.262 e. The minimum absolute atomic E-state index is 0.0498. The summed E-state index contributed by atoms with van der Waals surface area (Å²) in [6, 6.07) is 3.57. The first-order valence-electron chi connectivity index (χ1n) is 9.85. The summed E-state index contributed by atoms with van der Waals surface area (Å²) in [7, 11) is 0. The van der Waals surface area contributed by atoms with Gasteiger partial charge in [-0.15, -0.1) is 0 Å². The lowest BCUT2D eigenvalue weighted by Gasteiger charge is -2.37. The largest absolute Gasteiger partial charge is 0.383 e. The molecule has 0 bridgehead atoms. The fourth-order valence-corrected chi connectivity index (χ4v) is 4.15. The molecule has 0 aromatic heterocycles. The lowest BCUT2D eigenvalue weighted by atomic mass is 9.80. The number of carbonyl (C=O) groups is 4. The molecule has 1 aromatic rings. The van der Waals surface area contributed by atoms with Gasteiger partial charge in [0.2, 0.25) is 17.7 Å². The highest BCUT2D eigenvalue weighted by atomic mass is 19.3. The van der Waals surface area contributed by atoms with E-state index in [0.717, 1.165) is 4.90 Å². The van der Waals surface area contributed by atoms with E-state index in [1.54, 1.807) is 6.07 Å². The molecular weight excluding hydrogens is 398 g/mol. The molecule has 1 aromatic carbocycles. The third-order valence-electron chi connectivity index (χ3n) is 6.06. The SMILES string of the molecule is NC1(CNc2ccc3c(c2)C(=O)N(C2CCC(=O)NC2=O)C3=O)CCC(F)(F)CC1. The van der Waals surface area contributed by atoms with Crippen molar-refractivity contribution in [3.8, 4) is 0 Å². The average molecular weight is 420 g/mol. The van der Waals surface area contributed by atoms with E-state index in [2.05, 4.69) is 10.6 Å². The topological polar surface area (TPSA) is 122 Å². The molecule has 160 valence electrons. The predicted octanol–water partition coefficient (Wildman–Crippen LogP) is 1.41. The Kier molecular flexibility index (Phi) is 4.84. The van der Waals surface area contributed by atoms with E-state index in [1.165, 1.54) is 12.1 Å². The molecule has 2 aliphatic heterocycles. The molecule has 4 rings (SSSR count). The predicted molar refractivity (Wildman–Crippen MR) is 102 cm³/mol. The van der Waals surface area contributed by atoms with E-state index < -0.39 is 41.1 Å². The Morgan fingerprint density at radius 2 is 1.73 bits per heavy atom.